The molecular formula is C21H25NO6. The number of carbonyl (C=O) groups is 2. The van der Waals surface area contributed by atoms with Crippen LogP contribution in [0.15, 0.2) is 47.1 Å². The van der Waals surface area contributed by atoms with Crippen molar-refractivity contribution in [1.29, 1.82) is 0 Å². The molecule has 1 amide bonds. The van der Waals surface area contributed by atoms with Crippen molar-refractivity contribution >= 4 is 18.0 Å². The highest BCUT2D eigenvalue weighted by Gasteiger charge is 2.14. The number of esters is 1. The van der Waals surface area contributed by atoms with Gasteiger partial charge < -0.3 is 23.5 Å². The Hall–Kier alpha value is -3.22. The molecule has 7 heteroatoms. The predicted molar refractivity (Wildman–Crippen MR) is 104 cm³/mol. The van der Waals surface area contributed by atoms with E-state index < -0.39 is 0 Å². The number of methoxy groups -OCH3 is 3. The molecule has 2 aromatic rings. The second kappa shape index (κ2) is 10.8. The molecule has 0 aliphatic rings. The number of ether oxygens (including phenoxy) is 3. The van der Waals surface area contributed by atoms with Crippen molar-refractivity contribution in [1.82, 2.24) is 4.90 Å². The molecular weight excluding hydrogens is 362 g/mol. The van der Waals surface area contributed by atoms with Gasteiger partial charge in [0.25, 0.3) is 0 Å². The first kappa shape index (κ1) is 21.1. The van der Waals surface area contributed by atoms with Crippen LogP contribution in [-0.2, 0) is 20.7 Å². The lowest BCUT2D eigenvalue weighted by atomic mass is 10.1. The van der Waals surface area contributed by atoms with E-state index in [1.54, 1.807) is 37.3 Å². The molecule has 0 N–H and O–H groups in total. The van der Waals surface area contributed by atoms with E-state index in [-0.39, 0.29) is 24.8 Å². The highest BCUT2D eigenvalue weighted by Crippen LogP contribution is 2.27. The van der Waals surface area contributed by atoms with E-state index in [2.05, 4.69) is 4.74 Å². The maximum Gasteiger partial charge on any atom is 0.307 e. The van der Waals surface area contributed by atoms with E-state index in [1.165, 1.54) is 19.4 Å². The lowest BCUT2D eigenvalue weighted by Gasteiger charge is -2.21. The third-order valence-electron chi connectivity index (χ3n) is 4.18. The Labute approximate surface area is 164 Å². The highest BCUT2D eigenvalue weighted by atomic mass is 16.5. The maximum absolute atomic E-state index is 12.6. The minimum absolute atomic E-state index is 0.128. The van der Waals surface area contributed by atoms with Crippen LogP contribution in [0.1, 0.15) is 17.7 Å². The van der Waals surface area contributed by atoms with Crippen LogP contribution in [0.4, 0.5) is 0 Å². The molecule has 0 bridgehead atoms. The molecule has 0 unspecified atom stereocenters. The predicted octanol–water partition coefficient (Wildman–Crippen LogP) is 2.94. The highest BCUT2D eigenvalue weighted by molar-refractivity contribution is 5.91. The Bertz CT molecular complexity index is 797. The van der Waals surface area contributed by atoms with E-state index in [4.69, 9.17) is 13.9 Å². The van der Waals surface area contributed by atoms with Crippen molar-refractivity contribution < 1.29 is 28.2 Å². The van der Waals surface area contributed by atoms with Gasteiger partial charge in [0, 0.05) is 19.2 Å². The number of amides is 1. The van der Waals surface area contributed by atoms with Crippen LogP contribution < -0.4 is 9.47 Å². The first-order chi connectivity index (χ1) is 13.6. The van der Waals surface area contributed by atoms with Gasteiger partial charge in [-0.15, -0.1) is 0 Å². The molecule has 150 valence electrons. The maximum atomic E-state index is 12.6. The summed E-state index contributed by atoms with van der Waals surface area (Å²) in [5, 5.41) is 0. The molecule has 0 aliphatic heterocycles. The van der Waals surface area contributed by atoms with Gasteiger partial charge in [0.1, 0.15) is 5.76 Å². The van der Waals surface area contributed by atoms with Crippen LogP contribution in [0.3, 0.4) is 0 Å². The molecule has 7 nitrogen and oxygen atoms in total. The number of carbonyl (C=O) groups excluding carboxylic acids is 2. The van der Waals surface area contributed by atoms with Crippen molar-refractivity contribution in [3.63, 3.8) is 0 Å². The van der Waals surface area contributed by atoms with Crippen molar-refractivity contribution in [3.8, 4) is 11.5 Å². The molecule has 0 saturated heterocycles. The van der Waals surface area contributed by atoms with Gasteiger partial charge in [0.15, 0.2) is 11.5 Å². The fourth-order valence-corrected chi connectivity index (χ4v) is 2.61. The number of furan rings is 1. The fraction of sp³-hybridized carbons (Fsp3) is 0.333. The van der Waals surface area contributed by atoms with Gasteiger partial charge in [-0.05, 0) is 42.3 Å². The number of nitrogens with zero attached hydrogens (tertiary/aromatic N) is 1. The van der Waals surface area contributed by atoms with Crippen molar-refractivity contribution in [2.24, 2.45) is 0 Å². The minimum atomic E-state index is -0.362. The second-order valence-corrected chi connectivity index (χ2v) is 5.94. The van der Waals surface area contributed by atoms with Gasteiger partial charge in [0.2, 0.25) is 5.91 Å². The molecule has 28 heavy (non-hydrogen) atoms. The van der Waals surface area contributed by atoms with Gasteiger partial charge in [-0.2, -0.15) is 0 Å². The Morgan fingerprint density at radius 1 is 1.07 bits per heavy atom. The summed E-state index contributed by atoms with van der Waals surface area (Å²) in [5.74, 6) is 1.29. The summed E-state index contributed by atoms with van der Waals surface area (Å²) in [7, 11) is 4.48. The van der Waals surface area contributed by atoms with Gasteiger partial charge >= 0.3 is 5.97 Å². The summed E-state index contributed by atoms with van der Waals surface area (Å²) < 4.78 is 20.4. The van der Waals surface area contributed by atoms with Crippen LogP contribution in [0.2, 0.25) is 0 Å². The standard InChI is InChI=1S/C21H25NO6/c1-25-18-8-6-16(15-19(18)26-2)10-12-22(13-11-21(24)27-3)20(23)9-7-17-5-4-14-28-17/h4-9,14-15H,10-13H2,1-3H3/b9-7+. The topological polar surface area (TPSA) is 78.2 Å². The first-order valence-corrected chi connectivity index (χ1v) is 8.85. The first-order valence-electron chi connectivity index (χ1n) is 8.85. The van der Waals surface area contributed by atoms with Crippen LogP contribution in [0.25, 0.3) is 6.08 Å². The Kier molecular flexibility index (Phi) is 8.14. The molecule has 0 fully saturated rings. The van der Waals surface area contributed by atoms with Crippen LogP contribution in [0.5, 0.6) is 11.5 Å². The molecule has 0 atom stereocenters. The van der Waals surface area contributed by atoms with E-state index in [9.17, 15) is 9.59 Å². The molecule has 1 heterocycles. The summed E-state index contributed by atoms with van der Waals surface area (Å²) in [5.41, 5.74) is 0.989. The summed E-state index contributed by atoms with van der Waals surface area (Å²) in [4.78, 5) is 25.7. The molecule has 0 saturated carbocycles. The normalized spacial score (nSPS) is 10.7. The third kappa shape index (κ3) is 6.19. The zero-order valence-corrected chi connectivity index (χ0v) is 16.3. The second-order valence-electron chi connectivity index (χ2n) is 5.94. The minimum Gasteiger partial charge on any atom is -0.493 e. The molecule has 1 aromatic heterocycles. The SMILES string of the molecule is COC(=O)CCN(CCc1ccc(OC)c(OC)c1)C(=O)/C=C/c1ccco1. The van der Waals surface area contributed by atoms with E-state index in [1.807, 2.05) is 18.2 Å². The van der Waals surface area contributed by atoms with Crippen LogP contribution in [0, 0.1) is 0 Å². The van der Waals surface area contributed by atoms with E-state index in [0.717, 1.165) is 5.56 Å². The quantitative estimate of drug-likeness (QED) is 0.461. The molecule has 0 aliphatic carbocycles. The van der Waals surface area contributed by atoms with Gasteiger partial charge in [0.05, 0.1) is 34.0 Å². The number of rotatable bonds is 10. The molecule has 0 spiro atoms. The van der Waals surface area contributed by atoms with Crippen LogP contribution in [-0.4, -0.2) is 51.2 Å². The summed E-state index contributed by atoms with van der Waals surface area (Å²) >= 11 is 0. The summed E-state index contributed by atoms with van der Waals surface area (Å²) in [6.45, 7) is 0.703. The number of hydrogen-bond donors (Lipinski definition) is 0. The monoisotopic (exact) mass is 387 g/mol. The Balaban J connectivity index is 2.06. The van der Waals surface area contributed by atoms with Crippen LogP contribution >= 0.6 is 0 Å². The zero-order valence-electron chi connectivity index (χ0n) is 16.3. The number of benzene rings is 1. The van der Waals surface area contributed by atoms with Gasteiger partial charge in [-0.3, -0.25) is 9.59 Å². The van der Waals surface area contributed by atoms with Crippen molar-refractivity contribution in [3.05, 3.63) is 54.0 Å². The average Bonchev–Trinajstić information content (AvgIpc) is 3.25. The smallest absolute Gasteiger partial charge is 0.307 e. The Morgan fingerprint density at radius 3 is 2.50 bits per heavy atom. The third-order valence-corrected chi connectivity index (χ3v) is 4.18. The Morgan fingerprint density at radius 2 is 1.86 bits per heavy atom. The fourth-order valence-electron chi connectivity index (χ4n) is 2.61. The van der Waals surface area contributed by atoms with Gasteiger partial charge in [-0.25, -0.2) is 0 Å². The zero-order chi connectivity index (χ0) is 20.4. The summed E-state index contributed by atoms with van der Waals surface area (Å²) in [6, 6.07) is 9.12. The van der Waals surface area contributed by atoms with E-state index >= 15 is 0 Å². The van der Waals surface area contributed by atoms with E-state index in [0.29, 0.717) is 30.2 Å². The molecule has 2 rings (SSSR count). The van der Waals surface area contributed by atoms with Crippen molar-refractivity contribution in [2.45, 2.75) is 12.8 Å². The molecule has 1 aromatic carbocycles. The average molecular weight is 387 g/mol. The largest absolute Gasteiger partial charge is 0.493 e. The lowest BCUT2D eigenvalue weighted by molar-refractivity contribution is -0.141. The number of hydrogen-bond acceptors (Lipinski definition) is 6. The van der Waals surface area contributed by atoms with Gasteiger partial charge in [-0.1, -0.05) is 6.07 Å². The lowest BCUT2D eigenvalue weighted by Crippen LogP contribution is -2.33. The summed E-state index contributed by atoms with van der Waals surface area (Å²) in [6.07, 6.45) is 5.30. The van der Waals surface area contributed by atoms with Crippen molar-refractivity contribution in [2.75, 3.05) is 34.4 Å². The molecule has 0 radical (unpaired) electrons.